The molecule has 2 saturated carbocycles. The molecule has 0 aromatic heterocycles. The predicted molar refractivity (Wildman–Crippen MR) is 106 cm³/mol. The van der Waals surface area contributed by atoms with Crippen molar-refractivity contribution in [1.29, 1.82) is 0 Å². The number of halogens is 1. The maximum Gasteiger partial charge on any atom is 0.407 e. The first kappa shape index (κ1) is 20.0. The maximum absolute atomic E-state index is 12.8. The molecule has 3 rings (SSSR count). The summed E-state index contributed by atoms with van der Waals surface area (Å²) in [5, 5.41) is 6.74. The summed E-state index contributed by atoms with van der Waals surface area (Å²) >= 11 is 5.94. The quantitative estimate of drug-likeness (QED) is 0.760. The Morgan fingerprint density at radius 1 is 1.15 bits per heavy atom. The molecule has 0 bridgehead atoms. The van der Waals surface area contributed by atoms with Gasteiger partial charge in [0, 0.05) is 17.5 Å². The van der Waals surface area contributed by atoms with Gasteiger partial charge >= 0.3 is 6.09 Å². The highest BCUT2D eigenvalue weighted by Gasteiger charge is 2.49. The number of ether oxygens (including phenoxy) is 1. The van der Waals surface area contributed by atoms with Gasteiger partial charge in [-0.05, 0) is 76.5 Å². The zero-order valence-electron chi connectivity index (χ0n) is 16.5. The molecule has 0 spiro atoms. The Bertz CT molecular complexity index is 709. The smallest absolute Gasteiger partial charge is 0.407 e. The van der Waals surface area contributed by atoms with Gasteiger partial charge in [-0.15, -0.1) is 0 Å². The Kier molecular flexibility index (Phi) is 5.44. The molecule has 2 amide bonds. The van der Waals surface area contributed by atoms with Crippen molar-refractivity contribution < 1.29 is 14.3 Å². The van der Waals surface area contributed by atoms with Gasteiger partial charge in [0.25, 0.3) is 0 Å². The predicted octanol–water partition coefficient (Wildman–Crippen LogP) is 4.25. The van der Waals surface area contributed by atoms with Gasteiger partial charge in [0.05, 0.1) is 5.54 Å². The minimum atomic E-state index is -0.539. The Morgan fingerprint density at radius 3 is 2.33 bits per heavy atom. The third-order valence-corrected chi connectivity index (χ3v) is 5.56. The first-order valence-electron chi connectivity index (χ1n) is 9.62. The fourth-order valence-corrected chi connectivity index (χ4v) is 3.64. The monoisotopic (exact) mass is 392 g/mol. The van der Waals surface area contributed by atoms with Crippen LogP contribution < -0.4 is 10.6 Å². The van der Waals surface area contributed by atoms with Crippen molar-refractivity contribution in [3.8, 4) is 0 Å². The third-order valence-electron chi connectivity index (χ3n) is 5.31. The van der Waals surface area contributed by atoms with Gasteiger partial charge in [-0.3, -0.25) is 4.79 Å². The van der Waals surface area contributed by atoms with Crippen LogP contribution >= 0.6 is 11.6 Å². The number of benzene rings is 1. The third kappa shape index (κ3) is 5.38. The highest BCUT2D eigenvalue weighted by Crippen LogP contribution is 2.48. The number of carbonyl (C=O) groups is 2. The van der Waals surface area contributed by atoms with Crippen molar-refractivity contribution in [2.24, 2.45) is 11.8 Å². The van der Waals surface area contributed by atoms with Crippen LogP contribution in [0.1, 0.15) is 58.4 Å². The molecule has 0 saturated heterocycles. The van der Waals surface area contributed by atoms with Crippen molar-refractivity contribution in [2.45, 2.75) is 64.0 Å². The SMILES string of the molecule is CC(C)(C)OC(=O)NCC(C)(NC(=O)C1CC1c1ccc(Cl)cc1)C1CC1. The minimum absolute atomic E-state index is 0.00854. The molecule has 3 unspecified atom stereocenters. The Morgan fingerprint density at radius 2 is 1.78 bits per heavy atom. The Labute approximate surface area is 166 Å². The van der Waals surface area contributed by atoms with E-state index in [9.17, 15) is 9.59 Å². The van der Waals surface area contributed by atoms with Gasteiger partial charge in [0.2, 0.25) is 5.91 Å². The second kappa shape index (κ2) is 7.34. The number of hydrogen-bond donors (Lipinski definition) is 2. The van der Waals surface area contributed by atoms with E-state index in [0.717, 1.165) is 24.8 Å². The molecular formula is C21H29ClN2O3. The lowest BCUT2D eigenvalue weighted by molar-refractivity contribution is -0.124. The van der Waals surface area contributed by atoms with Crippen molar-refractivity contribution >= 4 is 23.6 Å². The summed E-state index contributed by atoms with van der Waals surface area (Å²) in [6.07, 6.45) is 2.54. The first-order valence-corrected chi connectivity index (χ1v) is 9.99. The van der Waals surface area contributed by atoms with Crippen molar-refractivity contribution in [2.75, 3.05) is 6.54 Å². The largest absolute Gasteiger partial charge is 0.444 e. The fraction of sp³-hybridized carbons (Fsp3) is 0.619. The molecule has 3 atom stereocenters. The average molecular weight is 393 g/mol. The normalized spacial score (nSPS) is 23.9. The Balaban J connectivity index is 1.55. The summed E-state index contributed by atoms with van der Waals surface area (Å²) in [5.41, 5.74) is 0.170. The zero-order valence-corrected chi connectivity index (χ0v) is 17.2. The van der Waals surface area contributed by atoms with Crippen LogP contribution in [0.5, 0.6) is 0 Å². The lowest BCUT2D eigenvalue weighted by Gasteiger charge is -2.32. The summed E-state index contributed by atoms with van der Waals surface area (Å²) in [4.78, 5) is 24.8. The van der Waals surface area contributed by atoms with Gasteiger partial charge in [0.15, 0.2) is 0 Å². The lowest BCUT2D eigenvalue weighted by Crippen LogP contribution is -2.56. The molecule has 2 aliphatic rings. The zero-order chi connectivity index (χ0) is 19.8. The number of nitrogens with one attached hydrogen (secondary N) is 2. The van der Waals surface area contributed by atoms with Crippen LogP contribution in [0.4, 0.5) is 4.79 Å². The van der Waals surface area contributed by atoms with Gasteiger partial charge in [-0.1, -0.05) is 23.7 Å². The van der Waals surface area contributed by atoms with E-state index in [4.69, 9.17) is 16.3 Å². The van der Waals surface area contributed by atoms with Crippen molar-refractivity contribution in [3.05, 3.63) is 34.9 Å². The highest BCUT2D eigenvalue weighted by atomic mass is 35.5. The van der Waals surface area contributed by atoms with E-state index in [1.807, 2.05) is 52.0 Å². The maximum atomic E-state index is 12.8. The Hall–Kier alpha value is -1.75. The average Bonchev–Trinajstić information content (AvgIpc) is 3.45. The van der Waals surface area contributed by atoms with Crippen molar-refractivity contribution in [3.63, 3.8) is 0 Å². The van der Waals surface area contributed by atoms with E-state index in [-0.39, 0.29) is 17.7 Å². The summed E-state index contributed by atoms with van der Waals surface area (Å²) in [5.74, 6) is 0.703. The van der Waals surface area contributed by atoms with E-state index in [1.54, 1.807) is 0 Å². The van der Waals surface area contributed by atoms with Crippen LogP contribution in [0.3, 0.4) is 0 Å². The fourth-order valence-electron chi connectivity index (χ4n) is 3.52. The lowest BCUT2D eigenvalue weighted by atomic mass is 9.95. The van der Waals surface area contributed by atoms with Crippen LogP contribution in [-0.2, 0) is 9.53 Å². The van der Waals surface area contributed by atoms with E-state index >= 15 is 0 Å². The minimum Gasteiger partial charge on any atom is -0.444 e. The molecule has 0 heterocycles. The standard InChI is InChI=1S/C21H29ClN2O3/c1-20(2,3)27-19(26)23-12-21(4,14-7-8-14)24-18(25)17-11-16(17)13-5-9-15(22)10-6-13/h5-6,9-10,14,16-17H,7-8,11-12H2,1-4H3,(H,23,26)(H,24,25). The van der Waals surface area contributed by atoms with Crippen LogP contribution in [0, 0.1) is 11.8 Å². The van der Waals surface area contributed by atoms with Gasteiger partial charge < -0.3 is 15.4 Å². The van der Waals surface area contributed by atoms with Crippen LogP contribution in [0.15, 0.2) is 24.3 Å². The number of amides is 2. The highest BCUT2D eigenvalue weighted by molar-refractivity contribution is 6.30. The van der Waals surface area contributed by atoms with Crippen molar-refractivity contribution in [1.82, 2.24) is 10.6 Å². The van der Waals surface area contributed by atoms with Crippen LogP contribution in [-0.4, -0.2) is 29.7 Å². The van der Waals surface area contributed by atoms with E-state index in [2.05, 4.69) is 10.6 Å². The molecular weight excluding hydrogens is 364 g/mol. The molecule has 2 fully saturated rings. The van der Waals surface area contributed by atoms with Gasteiger partial charge in [0.1, 0.15) is 5.60 Å². The molecule has 0 radical (unpaired) electrons. The second-order valence-corrected chi connectivity index (χ2v) is 9.47. The number of alkyl carbamates (subject to hydrolysis) is 1. The molecule has 2 aliphatic carbocycles. The van der Waals surface area contributed by atoms with E-state index in [1.165, 1.54) is 0 Å². The summed E-state index contributed by atoms with van der Waals surface area (Å²) in [7, 11) is 0. The van der Waals surface area contributed by atoms with E-state index in [0.29, 0.717) is 17.5 Å². The first-order chi connectivity index (χ1) is 12.6. The van der Waals surface area contributed by atoms with Gasteiger partial charge in [-0.25, -0.2) is 4.79 Å². The molecule has 6 heteroatoms. The summed E-state index contributed by atoms with van der Waals surface area (Å²) in [6, 6.07) is 7.71. The number of rotatable bonds is 6. The molecule has 0 aliphatic heterocycles. The molecule has 148 valence electrons. The number of hydrogen-bond acceptors (Lipinski definition) is 3. The number of carbonyl (C=O) groups excluding carboxylic acids is 2. The summed E-state index contributed by atoms with van der Waals surface area (Å²) in [6.45, 7) is 7.88. The molecule has 1 aromatic rings. The van der Waals surface area contributed by atoms with Crippen LogP contribution in [0.25, 0.3) is 0 Å². The van der Waals surface area contributed by atoms with Gasteiger partial charge in [-0.2, -0.15) is 0 Å². The molecule has 27 heavy (non-hydrogen) atoms. The molecule has 1 aromatic carbocycles. The van der Waals surface area contributed by atoms with Crippen LogP contribution in [0.2, 0.25) is 5.02 Å². The van der Waals surface area contributed by atoms with E-state index < -0.39 is 17.2 Å². The second-order valence-electron chi connectivity index (χ2n) is 9.04. The molecule has 2 N–H and O–H groups in total. The summed E-state index contributed by atoms with van der Waals surface area (Å²) < 4.78 is 5.31. The topological polar surface area (TPSA) is 67.4 Å². The molecule has 5 nitrogen and oxygen atoms in total.